The van der Waals surface area contributed by atoms with Gasteiger partial charge in [0, 0.05) is 39.9 Å². The number of carbonyl (C=O) groups excluding carboxylic acids is 2. The second-order valence-corrected chi connectivity index (χ2v) is 10.8. The largest absolute Gasteiger partial charge is 0.491 e. The van der Waals surface area contributed by atoms with Crippen LogP contribution in [0.15, 0.2) is 64.8 Å². The Morgan fingerprint density at radius 2 is 1.75 bits per heavy atom. The summed E-state index contributed by atoms with van der Waals surface area (Å²) in [4.78, 5) is 32.1. The monoisotopic (exact) mass is 507 g/mol. The number of halogens is 1. The zero-order valence-electron chi connectivity index (χ0n) is 21.6. The van der Waals surface area contributed by atoms with E-state index in [1.165, 1.54) is 0 Å². The lowest BCUT2D eigenvalue weighted by molar-refractivity contribution is -0.147. The van der Waals surface area contributed by atoms with Crippen molar-refractivity contribution in [2.24, 2.45) is 16.8 Å². The predicted octanol–water partition coefficient (Wildman–Crippen LogP) is 6.90. The van der Waals surface area contributed by atoms with Crippen LogP contribution in [0.2, 0.25) is 5.02 Å². The van der Waals surface area contributed by atoms with Crippen molar-refractivity contribution in [1.82, 2.24) is 0 Å². The molecule has 3 atom stereocenters. The number of ether oxygens (including phenoxy) is 2. The average molecular weight is 508 g/mol. The van der Waals surface area contributed by atoms with Gasteiger partial charge in [0.2, 0.25) is 0 Å². The summed E-state index contributed by atoms with van der Waals surface area (Å²) < 4.78 is 11.8. The summed E-state index contributed by atoms with van der Waals surface area (Å²) in [5, 5.41) is 0.664. The van der Waals surface area contributed by atoms with Crippen molar-refractivity contribution in [3.8, 4) is 5.75 Å². The van der Waals surface area contributed by atoms with Crippen molar-refractivity contribution in [3.05, 3.63) is 76.0 Å². The van der Waals surface area contributed by atoms with Gasteiger partial charge in [-0.05, 0) is 62.8 Å². The molecule has 1 aliphatic heterocycles. The number of esters is 1. The van der Waals surface area contributed by atoms with Crippen LogP contribution in [0.1, 0.15) is 70.4 Å². The molecule has 0 spiro atoms. The van der Waals surface area contributed by atoms with Crippen LogP contribution in [0.5, 0.6) is 5.75 Å². The lowest BCUT2D eigenvalue weighted by Crippen LogP contribution is -2.38. The third-order valence-electron chi connectivity index (χ3n) is 6.66. The van der Waals surface area contributed by atoms with Gasteiger partial charge < -0.3 is 9.47 Å². The normalized spacial score (nSPS) is 21.9. The molecule has 0 fully saturated rings. The number of ketones is 1. The molecular formula is C30H34ClNO4. The number of para-hydroxylation sites is 1. The smallest absolute Gasteiger partial charge is 0.315 e. The summed E-state index contributed by atoms with van der Waals surface area (Å²) in [5.41, 5.74) is 3.90. The first kappa shape index (κ1) is 26.2. The summed E-state index contributed by atoms with van der Waals surface area (Å²) >= 11 is 6.08. The number of hydrogen-bond donors (Lipinski definition) is 0. The Morgan fingerprint density at radius 1 is 1.06 bits per heavy atom. The number of carbonyl (C=O) groups is 2. The summed E-state index contributed by atoms with van der Waals surface area (Å²) in [7, 11) is 0. The van der Waals surface area contributed by atoms with E-state index in [-0.39, 0.29) is 29.7 Å². The van der Waals surface area contributed by atoms with Crippen molar-refractivity contribution in [2.75, 3.05) is 6.61 Å². The molecule has 0 aromatic heterocycles. The van der Waals surface area contributed by atoms with E-state index in [0.717, 1.165) is 16.8 Å². The van der Waals surface area contributed by atoms with Gasteiger partial charge in [-0.15, -0.1) is 0 Å². The van der Waals surface area contributed by atoms with Gasteiger partial charge in [-0.25, -0.2) is 0 Å². The second-order valence-electron chi connectivity index (χ2n) is 10.4. The van der Waals surface area contributed by atoms with E-state index in [4.69, 9.17) is 26.1 Å². The Balaban J connectivity index is 1.80. The van der Waals surface area contributed by atoms with Crippen LogP contribution in [-0.4, -0.2) is 30.2 Å². The quantitative estimate of drug-likeness (QED) is 0.382. The molecule has 0 saturated heterocycles. The molecule has 0 N–H and O–H groups in total. The fourth-order valence-corrected chi connectivity index (χ4v) is 5.23. The van der Waals surface area contributed by atoms with Crippen LogP contribution in [0.25, 0.3) is 0 Å². The van der Waals surface area contributed by atoms with Gasteiger partial charge in [-0.2, -0.15) is 0 Å². The highest BCUT2D eigenvalue weighted by atomic mass is 35.5. The minimum atomic E-state index is -0.685. The van der Waals surface area contributed by atoms with Crippen molar-refractivity contribution in [2.45, 2.75) is 65.4 Å². The molecule has 4 rings (SSSR count). The van der Waals surface area contributed by atoms with E-state index in [1.54, 1.807) is 0 Å². The van der Waals surface area contributed by atoms with E-state index in [1.807, 2.05) is 83.1 Å². The lowest BCUT2D eigenvalue weighted by atomic mass is 9.69. The minimum Gasteiger partial charge on any atom is -0.491 e. The van der Waals surface area contributed by atoms with E-state index in [2.05, 4.69) is 0 Å². The first-order valence-electron chi connectivity index (χ1n) is 12.6. The maximum atomic E-state index is 13.8. The molecule has 1 heterocycles. The Labute approximate surface area is 218 Å². The van der Waals surface area contributed by atoms with Crippen LogP contribution in [0.4, 0.5) is 0 Å². The molecular weight excluding hydrogens is 474 g/mol. The number of rotatable bonds is 7. The van der Waals surface area contributed by atoms with Crippen molar-refractivity contribution < 1.29 is 19.1 Å². The van der Waals surface area contributed by atoms with Crippen molar-refractivity contribution >= 4 is 29.1 Å². The summed E-state index contributed by atoms with van der Waals surface area (Å²) in [6.45, 7) is 10.1. The number of benzene rings is 2. The van der Waals surface area contributed by atoms with Gasteiger partial charge in [0.05, 0.1) is 12.7 Å². The Morgan fingerprint density at radius 3 is 2.42 bits per heavy atom. The zero-order valence-corrected chi connectivity index (χ0v) is 22.3. The molecule has 0 amide bonds. The minimum absolute atomic E-state index is 0.0114. The number of aliphatic imine (C=N–C) groups is 1. The van der Waals surface area contributed by atoms with Gasteiger partial charge in [0.25, 0.3) is 0 Å². The van der Waals surface area contributed by atoms with Gasteiger partial charge in [0.15, 0.2) is 5.78 Å². The van der Waals surface area contributed by atoms with Crippen molar-refractivity contribution in [1.29, 1.82) is 0 Å². The van der Waals surface area contributed by atoms with Gasteiger partial charge in [-0.3, -0.25) is 14.6 Å². The fraction of sp³-hybridized carbons (Fsp3) is 0.433. The molecule has 36 heavy (non-hydrogen) atoms. The Bertz CT molecular complexity index is 1200. The van der Waals surface area contributed by atoms with E-state index in [0.29, 0.717) is 41.5 Å². The summed E-state index contributed by atoms with van der Waals surface area (Å²) in [6, 6.07) is 15.3. The van der Waals surface area contributed by atoms with E-state index in [9.17, 15) is 9.59 Å². The van der Waals surface area contributed by atoms with Crippen LogP contribution in [0.3, 0.4) is 0 Å². The highest BCUT2D eigenvalue weighted by Crippen LogP contribution is 2.48. The third-order valence-corrected chi connectivity index (χ3v) is 6.91. The average Bonchev–Trinajstić information content (AvgIpc) is 2.82. The van der Waals surface area contributed by atoms with Gasteiger partial charge in [0.1, 0.15) is 11.7 Å². The topological polar surface area (TPSA) is 65.0 Å². The molecule has 2 aliphatic rings. The van der Waals surface area contributed by atoms with Crippen molar-refractivity contribution in [3.63, 3.8) is 0 Å². The van der Waals surface area contributed by atoms with Crippen LogP contribution in [0, 0.1) is 11.8 Å². The van der Waals surface area contributed by atoms with Gasteiger partial charge >= 0.3 is 5.97 Å². The number of nitrogens with zero attached hydrogens (tertiary/aromatic N) is 1. The first-order chi connectivity index (χ1) is 17.2. The Kier molecular flexibility index (Phi) is 7.99. The molecule has 0 bridgehead atoms. The van der Waals surface area contributed by atoms with Crippen LogP contribution >= 0.6 is 11.6 Å². The lowest BCUT2D eigenvalue weighted by Gasteiger charge is -2.37. The maximum Gasteiger partial charge on any atom is 0.315 e. The SMILES string of the molecule is CC1=NC2=C(C(=O)C[C@H](c3ccc(Cl)cc3)C2)[C@@H](c2ccccc2OC(C)C)C1C(=O)OCC(C)C. The molecule has 0 radical (unpaired) electrons. The fourth-order valence-electron chi connectivity index (χ4n) is 5.11. The highest BCUT2D eigenvalue weighted by molar-refractivity contribution is 6.30. The molecule has 6 heteroatoms. The first-order valence-corrected chi connectivity index (χ1v) is 13.0. The molecule has 1 aliphatic carbocycles. The second kappa shape index (κ2) is 11.0. The third kappa shape index (κ3) is 5.57. The van der Waals surface area contributed by atoms with Crippen LogP contribution < -0.4 is 4.74 Å². The zero-order chi connectivity index (χ0) is 26.0. The molecule has 2 aromatic rings. The molecule has 190 valence electrons. The van der Waals surface area contributed by atoms with E-state index < -0.39 is 11.8 Å². The van der Waals surface area contributed by atoms with E-state index >= 15 is 0 Å². The molecule has 5 nitrogen and oxygen atoms in total. The number of Topliss-reactive ketones (excluding diaryl/α,β-unsaturated/α-hetero) is 1. The number of allylic oxidation sites excluding steroid dienone is 2. The predicted molar refractivity (Wildman–Crippen MR) is 143 cm³/mol. The molecule has 1 unspecified atom stereocenters. The molecule has 0 saturated carbocycles. The Hall–Kier alpha value is -2.92. The van der Waals surface area contributed by atoms with Crippen LogP contribution in [-0.2, 0) is 14.3 Å². The van der Waals surface area contributed by atoms with Gasteiger partial charge in [-0.1, -0.05) is 55.8 Å². The maximum absolute atomic E-state index is 13.8. The number of hydrogen-bond acceptors (Lipinski definition) is 5. The summed E-state index contributed by atoms with van der Waals surface area (Å²) in [5.74, 6) is -0.644. The molecule has 2 aromatic carbocycles. The highest BCUT2D eigenvalue weighted by Gasteiger charge is 2.45. The summed E-state index contributed by atoms with van der Waals surface area (Å²) in [6.07, 6.45) is 0.921. The standard InChI is InChI=1S/C30H34ClNO4/c1-17(2)16-35-30(34)27-19(5)32-24-14-21(20-10-12-22(31)13-11-20)15-25(33)29(24)28(27)23-8-6-7-9-26(23)36-18(3)4/h6-13,17-18,21,27-28H,14-16H2,1-5H3/t21-,27?,28+/m1/s1.